The maximum absolute atomic E-state index is 11.9. The van der Waals surface area contributed by atoms with E-state index in [-0.39, 0.29) is 11.1 Å². The number of benzene rings is 1. The van der Waals surface area contributed by atoms with Crippen LogP contribution in [-0.4, -0.2) is 22.8 Å². The number of hydrogen-bond acceptors (Lipinski definition) is 5. The van der Waals surface area contributed by atoms with Crippen molar-refractivity contribution < 1.29 is 19.5 Å². The third-order valence-corrected chi connectivity index (χ3v) is 2.62. The van der Waals surface area contributed by atoms with E-state index in [4.69, 9.17) is 0 Å². The zero-order valence-corrected chi connectivity index (χ0v) is 10.7. The van der Waals surface area contributed by atoms with E-state index in [1.54, 1.807) is 0 Å². The van der Waals surface area contributed by atoms with Crippen LogP contribution in [0.25, 0.3) is 0 Å². The molecular formula is C14H10N3O4-. The van der Waals surface area contributed by atoms with Crippen molar-refractivity contribution >= 4 is 17.8 Å². The molecule has 0 aliphatic carbocycles. The number of aromatic nitrogens is 1. The average Bonchev–Trinajstić information content (AvgIpc) is 2.53. The molecule has 0 saturated carbocycles. The number of amides is 2. The number of pyridine rings is 1. The Morgan fingerprint density at radius 1 is 0.857 bits per heavy atom. The second kappa shape index (κ2) is 6.29. The van der Waals surface area contributed by atoms with Gasteiger partial charge in [-0.3, -0.25) is 25.4 Å². The Morgan fingerprint density at radius 3 is 2.05 bits per heavy atom. The Morgan fingerprint density at radius 2 is 1.43 bits per heavy atom. The number of rotatable bonds is 3. The van der Waals surface area contributed by atoms with Crippen molar-refractivity contribution in [3.8, 4) is 0 Å². The summed E-state index contributed by atoms with van der Waals surface area (Å²) in [5, 5.41) is 10.9. The van der Waals surface area contributed by atoms with Crippen LogP contribution in [0.2, 0.25) is 0 Å². The SMILES string of the molecule is O=C(NNC(=O)c1ccccc1C(=O)[O-])c1ccncc1. The van der Waals surface area contributed by atoms with Crippen molar-refractivity contribution in [1.29, 1.82) is 0 Å². The van der Waals surface area contributed by atoms with E-state index in [1.165, 1.54) is 48.8 Å². The van der Waals surface area contributed by atoms with Gasteiger partial charge < -0.3 is 9.90 Å². The van der Waals surface area contributed by atoms with Gasteiger partial charge in [-0.15, -0.1) is 0 Å². The van der Waals surface area contributed by atoms with Crippen molar-refractivity contribution in [1.82, 2.24) is 15.8 Å². The maximum Gasteiger partial charge on any atom is 0.270 e. The molecule has 21 heavy (non-hydrogen) atoms. The molecule has 2 N–H and O–H groups in total. The summed E-state index contributed by atoms with van der Waals surface area (Å²) >= 11 is 0. The van der Waals surface area contributed by atoms with Gasteiger partial charge in [0.05, 0.1) is 11.5 Å². The number of carboxylic acid groups (broad SMARTS) is 1. The standard InChI is InChI=1S/C14H11N3O4/c18-12(9-5-7-15-8-6-9)16-17-13(19)10-3-1-2-4-11(10)14(20)21/h1-8H,(H,16,18)(H,17,19)(H,20,21)/p-1. The minimum Gasteiger partial charge on any atom is -0.545 e. The van der Waals surface area contributed by atoms with Gasteiger partial charge in [0.2, 0.25) is 0 Å². The molecule has 0 aliphatic heterocycles. The first-order chi connectivity index (χ1) is 10.1. The van der Waals surface area contributed by atoms with E-state index < -0.39 is 17.8 Å². The number of carbonyl (C=O) groups excluding carboxylic acids is 3. The number of nitrogens with one attached hydrogen (secondary N) is 2. The van der Waals surface area contributed by atoms with Crippen molar-refractivity contribution in [3.05, 3.63) is 65.5 Å². The average molecular weight is 284 g/mol. The van der Waals surface area contributed by atoms with Crippen molar-refractivity contribution in [2.24, 2.45) is 0 Å². The number of carboxylic acids is 1. The van der Waals surface area contributed by atoms with Gasteiger partial charge in [0.15, 0.2) is 0 Å². The lowest BCUT2D eigenvalue weighted by Gasteiger charge is -2.11. The monoisotopic (exact) mass is 284 g/mol. The van der Waals surface area contributed by atoms with Crippen LogP contribution in [0.5, 0.6) is 0 Å². The molecule has 0 atom stereocenters. The van der Waals surface area contributed by atoms with Crippen LogP contribution >= 0.6 is 0 Å². The Labute approximate surface area is 119 Å². The lowest BCUT2D eigenvalue weighted by Crippen LogP contribution is -2.42. The highest BCUT2D eigenvalue weighted by Crippen LogP contribution is 2.07. The Hall–Kier alpha value is -3.22. The minimum atomic E-state index is -1.47. The Balaban J connectivity index is 2.06. The Kier molecular flexibility index (Phi) is 4.25. The lowest BCUT2D eigenvalue weighted by molar-refractivity contribution is -0.255. The van der Waals surface area contributed by atoms with Crippen LogP contribution in [0, 0.1) is 0 Å². The summed E-state index contributed by atoms with van der Waals surface area (Å²) in [6, 6.07) is 8.48. The van der Waals surface area contributed by atoms with Crippen LogP contribution < -0.4 is 16.0 Å². The molecule has 0 aliphatic rings. The van der Waals surface area contributed by atoms with Gasteiger partial charge in [-0.25, -0.2) is 0 Å². The third kappa shape index (κ3) is 3.41. The van der Waals surface area contributed by atoms with E-state index in [2.05, 4.69) is 15.8 Å². The number of hydrogen-bond donors (Lipinski definition) is 2. The summed E-state index contributed by atoms with van der Waals surface area (Å²) in [6.45, 7) is 0. The summed E-state index contributed by atoms with van der Waals surface area (Å²) in [5.74, 6) is -2.77. The normalized spacial score (nSPS) is 9.71. The highest BCUT2D eigenvalue weighted by atomic mass is 16.4. The molecule has 1 aromatic heterocycles. The van der Waals surface area contributed by atoms with Crippen molar-refractivity contribution in [2.45, 2.75) is 0 Å². The Bertz CT molecular complexity index is 686. The zero-order chi connectivity index (χ0) is 15.2. The van der Waals surface area contributed by atoms with Crippen LogP contribution in [0.1, 0.15) is 31.1 Å². The van der Waals surface area contributed by atoms with E-state index in [1.807, 2.05) is 0 Å². The van der Waals surface area contributed by atoms with Gasteiger partial charge in [-0.2, -0.15) is 0 Å². The van der Waals surface area contributed by atoms with Crippen LogP contribution in [0.3, 0.4) is 0 Å². The van der Waals surface area contributed by atoms with Crippen LogP contribution in [-0.2, 0) is 0 Å². The first-order valence-corrected chi connectivity index (χ1v) is 5.90. The van der Waals surface area contributed by atoms with Gasteiger partial charge in [0, 0.05) is 23.5 Å². The summed E-state index contributed by atoms with van der Waals surface area (Å²) in [4.78, 5) is 38.3. The third-order valence-electron chi connectivity index (χ3n) is 2.62. The van der Waals surface area contributed by atoms with E-state index in [9.17, 15) is 19.5 Å². The summed E-state index contributed by atoms with van der Waals surface area (Å²) in [5.41, 5.74) is 4.27. The summed E-state index contributed by atoms with van der Waals surface area (Å²) in [7, 11) is 0. The van der Waals surface area contributed by atoms with Crippen molar-refractivity contribution in [2.75, 3.05) is 0 Å². The predicted molar refractivity (Wildman–Crippen MR) is 69.9 cm³/mol. The molecule has 7 heteroatoms. The quantitative estimate of drug-likeness (QED) is 0.739. The number of carbonyl (C=O) groups is 3. The molecule has 2 rings (SSSR count). The molecule has 0 fully saturated rings. The van der Waals surface area contributed by atoms with E-state index in [0.29, 0.717) is 5.56 Å². The van der Waals surface area contributed by atoms with E-state index in [0.717, 1.165) is 0 Å². The second-order valence-electron chi connectivity index (χ2n) is 3.98. The molecule has 1 aromatic carbocycles. The zero-order valence-electron chi connectivity index (χ0n) is 10.7. The van der Waals surface area contributed by atoms with Gasteiger partial charge >= 0.3 is 0 Å². The minimum absolute atomic E-state index is 0.104. The largest absolute Gasteiger partial charge is 0.545 e. The molecule has 1 heterocycles. The fourth-order valence-corrected chi connectivity index (χ4v) is 1.62. The van der Waals surface area contributed by atoms with Gasteiger partial charge in [-0.05, 0) is 18.2 Å². The second-order valence-corrected chi connectivity index (χ2v) is 3.98. The van der Waals surface area contributed by atoms with Gasteiger partial charge in [0.1, 0.15) is 0 Å². The molecular weight excluding hydrogens is 274 g/mol. The molecule has 0 spiro atoms. The number of nitrogens with zero attached hydrogens (tertiary/aromatic N) is 1. The topological polar surface area (TPSA) is 111 Å². The fraction of sp³-hybridized carbons (Fsp3) is 0. The molecule has 0 unspecified atom stereocenters. The molecule has 0 bridgehead atoms. The molecule has 106 valence electrons. The fourth-order valence-electron chi connectivity index (χ4n) is 1.62. The number of aromatic carboxylic acids is 1. The van der Waals surface area contributed by atoms with Gasteiger partial charge in [-0.1, -0.05) is 18.2 Å². The molecule has 2 aromatic rings. The first kappa shape index (κ1) is 14.2. The van der Waals surface area contributed by atoms with Crippen LogP contribution in [0.15, 0.2) is 48.8 Å². The summed E-state index contributed by atoms with van der Waals surface area (Å²) < 4.78 is 0. The molecule has 7 nitrogen and oxygen atoms in total. The molecule has 0 saturated heterocycles. The molecule has 0 radical (unpaired) electrons. The van der Waals surface area contributed by atoms with E-state index >= 15 is 0 Å². The maximum atomic E-state index is 11.9. The van der Waals surface area contributed by atoms with Crippen molar-refractivity contribution in [3.63, 3.8) is 0 Å². The van der Waals surface area contributed by atoms with Gasteiger partial charge in [0.25, 0.3) is 11.8 Å². The van der Waals surface area contributed by atoms with Crippen LogP contribution in [0.4, 0.5) is 0 Å². The summed E-state index contributed by atoms with van der Waals surface area (Å²) in [6.07, 6.45) is 2.87. The first-order valence-electron chi connectivity index (χ1n) is 5.90. The lowest BCUT2D eigenvalue weighted by atomic mass is 10.1. The highest BCUT2D eigenvalue weighted by molar-refractivity contribution is 6.05. The smallest absolute Gasteiger partial charge is 0.270 e. The highest BCUT2D eigenvalue weighted by Gasteiger charge is 2.12. The number of hydrazine groups is 1. The molecule has 2 amide bonds. The predicted octanol–water partition coefficient (Wildman–Crippen LogP) is -0.480.